The molecule has 0 N–H and O–H groups in total. The number of aromatic nitrogens is 2. The van der Waals surface area contributed by atoms with E-state index in [-0.39, 0.29) is 55.2 Å². The van der Waals surface area contributed by atoms with Crippen LogP contribution in [0.25, 0.3) is 11.4 Å². The van der Waals surface area contributed by atoms with Gasteiger partial charge in [-0.2, -0.15) is 13.2 Å². The second-order valence-electron chi connectivity index (χ2n) is 9.33. The van der Waals surface area contributed by atoms with E-state index < -0.39 is 35.2 Å². The largest absolute Gasteiger partial charge is 0.433 e. The van der Waals surface area contributed by atoms with Crippen molar-refractivity contribution >= 4 is 24.2 Å². The Kier molecular flexibility index (Phi) is 7.40. The summed E-state index contributed by atoms with van der Waals surface area (Å²) in [7, 11) is 0. The minimum Gasteiger partial charge on any atom is -0.336 e. The number of benzene rings is 1. The Labute approximate surface area is 209 Å². The number of hydrogen-bond donors (Lipinski definition) is 0. The Morgan fingerprint density at radius 1 is 1.19 bits per heavy atom. The van der Waals surface area contributed by atoms with E-state index in [4.69, 9.17) is 0 Å². The van der Waals surface area contributed by atoms with Gasteiger partial charge in [-0.15, -0.1) is 4.67 Å². The number of piperidine rings is 1. The van der Waals surface area contributed by atoms with E-state index in [0.717, 1.165) is 24.6 Å². The number of nitrogens with zero attached hydrogens (tertiary/aromatic N) is 5. The molecule has 1 saturated heterocycles. The van der Waals surface area contributed by atoms with Crippen LogP contribution < -0.4 is 4.67 Å². The summed E-state index contributed by atoms with van der Waals surface area (Å²) in [4.78, 5) is 36.1. The number of hydrogen-bond acceptors (Lipinski definition) is 4. The Morgan fingerprint density at radius 2 is 1.95 bits per heavy atom. The van der Waals surface area contributed by atoms with Gasteiger partial charge in [0.15, 0.2) is 23.2 Å². The van der Waals surface area contributed by atoms with Gasteiger partial charge in [0.25, 0.3) is 6.72 Å². The molecule has 1 aromatic carbocycles. The lowest BCUT2D eigenvalue weighted by atomic mass is 9.99. The van der Waals surface area contributed by atoms with E-state index in [1.807, 2.05) is 6.92 Å². The van der Waals surface area contributed by atoms with Gasteiger partial charge in [-0.1, -0.05) is 6.92 Å². The summed E-state index contributed by atoms with van der Waals surface area (Å²) < 4.78 is 72.4. The number of amides is 2. The summed E-state index contributed by atoms with van der Waals surface area (Å²) in [6, 6.07) is 2.60. The molecule has 0 bridgehead atoms. The second-order valence-corrected chi connectivity index (χ2v) is 9.33. The molecule has 0 radical (unpaired) electrons. The van der Waals surface area contributed by atoms with E-state index in [9.17, 15) is 31.5 Å². The van der Waals surface area contributed by atoms with Gasteiger partial charge < -0.3 is 9.80 Å². The molecule has 1 aromatic heterocycles. The highest BCUT2D eigenvalue weighted by Crippen LogP contribution is 2.35. The molecule has 2 aliphatic heterocycles. The molecular weight excluding hydrogens is 497 g/mol. The standard InChI is InChI=1S/C25H25F5N5O2/c1-14-3-6-21(36)35(11-14)12-16(31-2)10-22(37)34-8-7-17-20(13-34)32-24(33-23(17)25(28,29)30)15-4-5-18(26)19(27)9-15/h4-5,9,14H,2-3,6-8,10-13H2,1H3/q+1/t14-/m1/s1. The van der Waals surface area contributed by atoms with Gasteiger partial charge in [-0.25, -0.2) is 18.7 Å². The average molecular weight is 522 g/mol. The summed E-state index contributed by atoms with van der Waals surface area (Å²) in [6.45, 7) is 6.02. The van der Waals surface area contributed by atoms with Crippen molar-refractivity contribution in [1.82, 2.24) is 24.4 Å². The molecule has 0 saturated carbocycles. The monoisotopic (exact) mass is 522 g/mol. The van der Waals surface area contributed by atoms with Gasteiger partial charge in [0, 0.05) is 30.6 Å². The first kappa shape index (κ1) is 26.4. The Balaban J connectivity index is 1.56. The van der Waals surface area contributed by atoms with Crippen LogP contribution in [0.5, 0.6) is 0 Å². The first-order valence-corrected chi connectivity index (χ1v) is 11.8. The second kappa shape index (κ2) is 10.4. The van der Waals surface area contributed by atoms with Crippen LogP contribution in [0.1, 0.15) is 43.1 Å². The van der Waals surface area contributed by atoms with Crippen LogP contribution in [0.4, 0.5) is 22.0 Å². The van der Waals surface area contributed by atoms with E-state index in [2.05, 4.69) is 21.4 Å². The third kappa shape index (κ3) is 5.85. The van der Waals surface area contributed by atoms with E-state index in [1.165, 1.54) is 4.90 Å². The lowest BCUT2D eigenvalue weighted by Crippen LogP contribution is -2.44. The number of carbonyl (C=O) groups is 2. The minimum atomic E-state index is -4.81. The van der Waals surface area contributed by atoms with Crippen LogP contribution in [0.2, 0.25) is 0 Å². The first-order chi connectivity index (χ1) is 17.5. The van der Waals surface area contributed by atoms with Crippen molar-refractivity contribution in [2.45, 2.75) is 45.3 Å². The lowest BCUT2D eigenvalue weighted by Gasteiger charge is -2.30. The van der Waals surface area contributed by atoms with E-state index >= 15 is 0 Å². The lowest BCUT2D eigenvalue weighted by molar-refractivity contribution is -0.142. The summed E-state index contributed by atoms with van der Waals surface area (Å²) in [5, 5.41) is 0. The quantitative estimate of drug-likeness (QED) is 0.343. The van der Waals surface area contributed by atoms with Crippen LogP contribution in [-0.2, 0) is 28.7 Å². The maximum Gasteiger partial charge on any atom is 0.433 e. The van der Waals surface area contributed by atoms with Gasteiger partial charge in [0.05, 0.1) is 12.2 Å². The van der Waals surface area contributed by atoms with E-state index in [0.29, 0.717) is 24.6 Å². The molecule has 0 aliphatic carbocycles. The van der Waals surface area contributed by atoms with Crippen molar-refractivity contribution < 1.29 is 31.5 Å². The highest BCUT2D eigenvalue weighted by atomic mass is 19.4. The van der Waals surface area contributed by atoms with Crippen molar-refractivity contribution in [2.24, 2.45) is 5.92 Å². The predicted molar refractivity (Wildman–Crippen MR) is 125 cm³/mol. The molecule has 1 atom stereocenters. The zero-order valence-corrected chi connectivity index (χ0v) is 20.1. The number of halogens is 5. The van der Waals surface area contributed by atoms with Crippen molar-refractivity contribution in [2.75, 3.05) is 19.6 Å². The molecule has 4 rings (SSSR count). The van der Waals surface area contributed by atoms with Crippen LogP contribution in [-0.4, -0.2) is 63.6 Å². The number of likely N-dealkylation sites (tertiary alicyclic amines) is 1. The topological polar surface area (TPSA) is 80.5 Å². The minimum absolute atomic E-state index is 0.00684. The molecule has 2 amide bonds. The van der Waals surface area contributed by atoms with Crippen LogP contribution in [0.15, 0.2) is 18.2 Å². The van der Waals surface area contributed by atoms with Crippen molar-refractivity contribution in [3.63, 3.8) is 0 Å². The normalized spacial score (nSPS) is 17.9. The molecule has 2 aliphatic rings. The molecule has 7 nitrogen and oxygen atoms in total. The van der Waals surface area contributed by atoms with E-state index in [1.54, 1.807) is 4.90 Å². The third-order valence-electron chi connectivity index (χ3n) is 6.55. The van der Waals surface area contributed by atoms with Crippen LogP contribution >= 0.6 is 0 Å². The molecule has 2 aromatic rings. The zero-order chi connectivity index (χ0) is 26.9. The fraction of sp³-hybridized carbons (Fsp3) is 0.440. The summed E-state index contributed by atoms with van der Waals surface area (Å²) in [5.41, 5.74) is -1.05. The Morgan fingerprint density at radius 3 is 2.62 bits per heavy atom. The SMILES string of the molecule is C=[N+]=C(CC(=O)N1CCc2c(nc(-c3ccc(F)c(F)c3)nc2C(F)(F)F)C1)CN1C[C@H](C)CCC1=O. The van der Waals surface area contributed by atoms with Gasteiger partial charge in [-0.05, 0) is 37.0 Å². The van der Waals surface area contributed by atoms with Gasteiger partial charge in [-0.3, -0.25) is 9.59 Å². The fourth-order valence-corrected chi connectivity index (χ4v) is 4.56. The number of fused-ring (bicyclic) bond motifs is 1. The van der Waals surface area contributed by atoms with Gasteiger partial charge in [0.2, 0.25) is 11.8 Å². The molecule has 196 valence electrons. The van der Waals surface area contributed by atoms with Crippen LogP contribution in [0.3, 0.4) is 0 Å². The molecule has 3 heterocycles. The maximum absolute atomic E-state index is 13.8. The van der Waals surface area contributed by atoms with Crippen molar-refractivity contribution in [3.8, 4) is 11.4 Å². The highest BCUT2D eigenvalue weighted by molar-refractivity contribution is 6.03. The summed E-state index contributed by atoms with van der Waals surface area (Å²) in [6.07, 6.45) is -3.87. The van der Waals surface area contributed by atoms with Gasteiger partial charge in [0.1, 0.15) is 13.0 Å². The Bertz CT molecular complexity index is 1290. The van der Waals surface area contributed by atoms with Crippen LogP contribution in [0, 0.1) is 17.6 Å². The summed E-state index contributed by atoms with van der Waals surface area (Å²) >= 11 is 0. The molecule has 1 fully saturated rings. The Hall–Kier alpha value is -3.66. The van der Waals surface area contributed by atoms with Crippen molar-refractivity contribution in [1.29, 1.82) is 0 Å². The molecular formula is C25H25F5N5O2+. The van der Waals surface area contributed by atoms with Gasteiger partial charge >= 0.3 is 11.9 Å². The fourth-order valence-electron chi connectivity index (χ4n) is 4.56. The number of rotatable bonds is 5. The molecule has 0 unspecified atom stereocenters. The average Bonchev–Trinajstić information content (AvgIpc) is 2.85. The molecule has 37 heavy (non-hydrogen) atoms. The number of carbonyl (C=O) groups excluding carboxylic acids is 2. The molecule has 0 spiro atoms. The van der Waals surface area contributed by atoms with Crippen molar-refractivity contribution in [3.05, 3.63) is 46.8 Å². The third-order valence-corrected chi connectivity index (χ3v) is 6.55. The summed E-state index contributed by atoms with van der Waals surface area (Å²) in [5.74, 6) is -2.92. The maximum atomic E-state index is 13.8. The first-order valence-electron chi connectivity index (χ1n) is 11.8. The molecule has 12 heteroatoms. The highest BCUT2D eigenvalue weighted by Gasteiger charge is 2.40. The zero-order valence-electron chi connectivity index (χ0n) is 20.1. The predicted octanol–water partition coefficient (Wildman–Crippen LogP) is 3.18. The smallest absolute Gasteiger partial charge is 0.336 e. The number of alkyl halides is 3.